The molecule has 0 aromatic heterocycles. The van der Waals surface area contributed by atoms with Gasteiger partial charge in [-0.1, -0.05) is 30.3 Å². The Kier molecular flexibility index (Phi) is 6.25. The van der Waals surface area contributed by atoms with E-state index in [1.54, 1.807) is 13.2 Å². The first kappa shape index (κ1) is 17.4. The maximum absolute atomic E-state index is 12.0. The van der Waals surface area contributed by atoms with Gasteiger partial charge in [-0.2, -0.15) is 0 Å². The number of hydrogen-bond donors (Lipinski definition) is 0. The minimum Gasteiger partial charge on any atom is -0.503 e. The van der Waals surface area contributed by atoms with Crippen molar-refractivity contribution in [2.75, 3.05) is 21.3 Å². The average Bonchev–Trinajstić information content (AvgIpc) is 2.64. The highest BCUT2D eigenvalue weighted by molar-refractivity contribution is 6.16. The van der Waals surface area contributed by atoms with E-state index in [1.165, 1.54) is 20.5 Å². The molecule has 0 aliphatic rings. The van der Waals surface area contributed by atoms with Crippen LogP contribution in [-0.4, -0.2) is 27.3 Å². The Morgan fingerprint density at radius 2 is 1.75 bits per heavy atom. The van der Waals surface area contributed by atoms with Crippen LogP contribution in [0.2, 0.25) is 0 Å². The molecule has 24 heavy (non-hydrogen) atoms. The van der Waals surface area contributed by atoms with Crippen LogP contribution >= 0.6 is 0 Å². The van der Waals surface area contributed by atoms with Gasteiger partial charge in [0.05, 0.1) is 27.6 Å². The Hall–Kier alpha value is -2.95. The van der Waals surface area contributed by atoms with Gasteiger partial charge in [-0.05, 0) is 23.3 Å². The third-order valence-electron chi connectivity index (χ3n) is 3.38. The van der Waals surface area contributed by atoms with Gasteiger partial charge in [0.1, 0.15) is 23.7 Å². The van der Waals surface area contributed by atoms with Crippen LogP contribution in [0.3, 0.4) is 0 Å². The number of carbonyl (C=O) groups excluding carboxylic acids is 1. The van der Waals surface area contributed by atoms with Crippen LogP contribution in [0.25, 0.3) is 5.57 Å². The minimum absolute atomic E-state index is 0.293. The molecule has 0 heterocycles. The van der Waals surface area contributed by atoms with E-state index >= 15 is 0 Å². The van der Waals surface area contributed by atoms with Crippen LogP contribution in [0.15, 0.2) is 54.8 Å². The Morgan fingerprint density at radius 3 is 2.46 bits per heavy atom. The fourth-order valence-electron chi connectivity index (χ4n) is 2.21. The molecule has 0 radical (unpaired) electrons. The van der Waals surface area contributed by atoms with Crippen molar-refractivity contribution in [2.24, 2.45) is 0 Å². The predicted octanol–water partition coefficient (Wildman–Crippen LogP) is 3.43. The molecule has 2 aromatic rings. The molecule has 5 nitrogen and oxygen atoms in total. The van der Waals surface area contributed by atoms with E-state index in [-0.39, 0.29) is 0 Å². The quantitative estimate of drug-likeness (QED) is 0.443. The Morgan fingerprint density at radius 1 is 1.00 bits per heavy atom. The lowest BCUT2D eigenvalue weighted by atomic mass is 10.0. The molecule has 126 valence electrons. The van der Waals surface area contributed by atoms with Crippen LogP contribution in [0.4, 0.5) is 0 Å². The molecule has 0 saturated heterocycles. The third-order valence-corrected chi connectivity index (χ3v) is 3.38. The van der Waals surface area contributed by atoms with Crippen LogP contribution in [0.1, 0.15) is 11.1 Å². The molecule has 0 spiro atoms. The smallest absolute Gasteiger partial charge is 0.341 e. The van der Waals surface area contributed by atoms with Gasteiger partial charge in [-0.3, -0.25) is 0 Å². The second-order valence-corrected chi connectivity index (χ2v) is 4.88. The van der Waals surface area contributed by atoms with E-state index in [0.29, 0.717) is 23.5 Å². The number of carbonyl (C=O) groups is 1. The predicted molar refractivity (Wildman–Crippen MR) is 90.8 cm³/mol. The molecule has 0 atom stereocenters. The van der Waals surface area contributed by atoms with Gasteiger partial charge >= 0.3 is 5.97 Å². The molecule has 0 fully saturated rings. The van der Waals surface area contributed by atoms with E-state index in [0.717, 1.165) is 11.3 Å². The van der Waals surface area contributed by atoms with Gasteiger partial charge in [-0.15, -0.1) is 0 Å². The van der Waals surface area contributed by atoms with Crippen LogP contribution in [0.5, 0.6) is 11.5 Å². The number of ether oxygens (including phenoxy) is 4. The summed E-state index contributed by atoms with van der Waals surface area (Å²) in [7, 11) is 4.42. The van der Waals surface area contributed by atoms with Crippen molar-refractivity contribution in [3.8, 4) is 11.5 Å². The second-order valence-electron chi connectivity index (χ2n) is 4.88. The van der Waals surface area contributed by atoms with Crippen molar-refractivity contribution in [2.45, 2.75) is 6.61 Å². The molecule has 0 aliphatic heterocycles. The molecule has 5 heteroatoms. The van der Waals surface area contributed by atoms with Crippen molar-refractivity contribution in [3.63, 3.8) is 0 Å². The monoisotopic (exact) mass is 328 g/mol. The highest BCUT2D eigenvalue weighted by Gasteiger charge is 2.16. The molecular weight excluding hydrogens is 308 g/mol. The number of rotatable bonds is 7. The van der Waals surface area contributed by atoms with Crippen molar-refractivity contribution >= 4 is 11.5 Å². The topological polar surface area (TPSA) is 54.0 Å². The molecule has 2 aromatic carbocycles. The first-order valence-electron chi connectivity index (χ1n) is 7.36. The van der Waals surface area contributed by atoms with E-state index in [1.807, 2.05) is 42.5 Å². The molecule has 0 amide bonds. The highest BCUT2D eigenvalue weighted by atomic mass is 16.5. The largest absolute Gasteiger partial charge is 0.503 e. The number of benzene rings is 2. The molecule has 2 rings (SSSR count). The second kappa shape index (κ2) is 8.62. The zero-order valence-corrected chi connectivity index (χ0v) is 13.9. The van der Waals surface area contributed by atoms with Gasteiger partial charge < -0.3 is 18.9 Å². The maximum Gasteiger partial charge on any atom is 0.341 e. The first-order valence-corrected chi connectivity index (χ1v) is 7.36. The van der Waals surface area contributed by atoms with E-state index in [4.69, 9.17) is 18.9 Å². The summed E-state index contributed by atoms with van der Waals surface area (Å²) in [4.78, 5) is 12.0. The lowest BCUT2D eigenvalue weighted by Crippen LogP contribution is -2.08. The summed E-state index contributed by atoms with van der Waals surface area (Å²) in [6, 6.07) is 14.8. The molecule has 0 unspecified atom stereocenters. The SMILES string of the molecule is CO/C=C(/C(=O)OC)c1ccccc1COc1cccc(OC)c1. The van der Waals surface area contributed by atoms with Crippen molar-refractivity contribution in [1.82, 2.24) is 0 Å². The maximum atomic E-state index is 12.0. The average molecular weight is 328 g/mol. The Labute approximate surface area is 141 Å². The fourth-order valence-corrected chi connectivity index (χ4v) is 2.21. The summed E-state index contributed by atoms with van der Waals surface area (Å²) in [5.74, 6) is 0.931. The molecule has 0 aliphatic carbocycles. The first-order chi connectivity index (χ1) is 11.7. The Balaban J connectivity index is 2.25. The summed E-state index contributed by atoms with van der Waals surface area (Å²) < 4.78 is 20.8. The Bertz CT molecular complexity index is 721. The van der Waals surface area contributed by atoms with Gasteiger partial charge in [0, 0.05) is 6.07 Å². The summed E-state index contributed by atoms with van der Waals surface area (Å²) in [6.45, 7) is 0.293. The fraction of sp³-hybridized carbons (Fsp3) is 0.211. The van der Waals surface area contributed by atoms with Crippen LogP contribution in [0, 0.1) is 0 Å². The van der Waals surface area contributed by atoms with E-state index in [2.05, 4.69) is 0 Å². The summed E-state index contributed by atoms with van der Waals surface area (Å²) in [5, 5.41) is 0. The van der Waals surface area contributed by atoms with Gasteiger partial charge in [0.2, 0.25) is 0 Å². The van der Waals surface area contributed by atoms with E-state index in [9.17, 15) is 4.79 Å². The minimum atomic E-state index is -0.467. The van der Waals surface area contributed by atoms with Gasteiger partial charge in [0.15, 0.2) is 0 Å². The third kappa shape index (κ3) is 4.29. The van der Waals surface area contributed by atoms with Crippen molar-refractivity contribution < 1.29 is 23.7 Å². The summed E-state index contributed by atoms with van der Waals surface area (Å²) in [6.07, 6.45) is 1.37. The lowest BCUT2D eigenvalue weighted by Gasteiger charge is -2.13. The normalized spacial score (nSPS) is 10.9. The number of esters is 1. The number of methoxy groups -OCH3 is 3. The van der Waals surface area contributed by atoms with Crippen LogP contribution < -0.4 is 9.47 Å². The van der Waals surface area contributed by atoms with E-state index < -0.39 is 5.97 Å². The van der Waals surface area contributed by atoms with Crippen LogP contribution in [-0.2, 0) is 20.9 Å². The molecule has 0 saturated carbocycles. The zero-order valence-electron chi connectivity index (χ0n) is 13.9. The standard InChI is InChI=1S/C19H20O5/c1-21-13-18(19(20)23-3)17-10-5-4-7-14(17)12-24-16-9-6-8-15(11-16)22-2/h4-11,13H,12H2,1-3H3/b18-13+. The molecular formula is C19H20O5. The molecule has 0 N–H and O–H groups in total. The molecule has 0 bridgehead atoms. The van der Waals surface area contributed by atoms with Crippen molar-refractivity contribution in [3.05, 3.63) is 65.9 Å². The zero-order chi connectivity index (χ0) is 17.4. The number of hydrogen-bond acceptors (Lipinski definition) is 5. The lowest BCUT2D eigenvalue weighted by molar-refractivity contribution is -0.133. The highest BCUT2D eigenvalue weighted by Crippen LogP contribution is 2.24. The van der Waals surface area contributed by atoms with Gasteiger partial charge in [-0.25, -0.2) is 4.79 Å². The summed E-state index contributed by atoms with van der Waals surface area (Å²) >= 11 is 0. The van der Waals surface area contributed by atoms with Crippen molar-refractivity contribution in [1.29, 1.82) is 0 Å². The van der Waals surface area contributed by atoms with Gasteiger partial charge in [0.25, 0.3) is 0 Å². The summed E-state index contributed by atoms with van der Waals surface area (Å²) in [5.41, 5.74) is 1.88.